The fourth-order valence-electron chi connectivity index (χ4n) is 4.64. The number of aliphatic carboxylic acids is 1. The van der Waals surface area contributed by atoms with Crippen LogP contribution < -0.4 is 10.1 Å². The summed E-state index contributed by atoms with van der Waals surface area (Å²) in [6, 6.07) is 26.2. The van der Waals surface area contributed by atoms with Gasteiger partial charge in [-0.15, -0.1) is 0 Å². The molecular weight excluding hydrogens is 520 g/mol. The molecule has 7 nitrogen and oxygen atoms in total. The van der Waals surface area contributed by atoms with Crippen LogP contribution >= 0.6 is 11.8 Å². The molecule has 0 bridgehead atoms. The van der Waals surface area contributed by atoms with E-state index in [0.29, 0.717) is 30.5 Å². The number of methoxy groups -OCH3 is 1. The van der Waals surface area contributed by atoms with Crippen molar-refractivity contribution >= 4 is 40.2 Å². The van der Waals surface area contributed by atoms with Gasteiger partial charge in [0.25, 0.3) is 0 Å². The predicted molar refractivity (Wildman–Crippen MR) is 161 cm³/mol. The number of aromatic nitrogens is 2. The number of hydrogen-bond acceptors (Lipinski definition) is 7. The highest BCUT2D eigenvalue weighted by atomic mass is 32.2. The first kappa shape index (κ1) is 27.4. The number of thioether (sulfide) groups is 1. The van der Waals surface area contributed by atoms with Crippen LogP contribution in [0.15, 0.2) is 88.8 Å². The molecule has 40 heavy (non-hydrogen) atoms. The summed E-state index contributed by atoms with van der Waals surface area (Å²) in [7, 11) is 1.69. The van der Waals surface area contributed by atoms with Gasteiger partial charge in [0.2, 0.25) is 5.95 Å². The Morgan fingerprint density at radius 1 is 1.05 bits per heavy atom. The summed E-state index contributed by atoms with van der Waals surface area (Å²) in [6.45, 7) is 2.26. The Bertz CT molecular complexity index is 1510. The molecule has 5 rings (SSSR count). The number of fused-ring (bicyclic) bond motifs is 1. The third-order valence-electron chi connectivity index (χ3n) is 6.84. The van der Waals surface area contributed by atoms with E-state index in [1.54, 1.807) is 18.9 Å². The molecule has 0 spiro atoms. The Balaban J connectivity index is 1.44. The number of carboxylic acid groups (broad SMARTS) is 1. The third-order valence-corrected chi connectivity index (χ3v) is 7.95. The van der Waals surface area contributed by atoms with E-state index >= 15 is 0 Å². The maximum absolute atomic E-state index is 10.9. The van der Waals surface area contributed by atoms with Gasteiger partial charge in [-0.2, -0.15) is 4.98 Å². The minimum Gasteiger partial charge on any atom is -0.497 e. The predicted octanol–water partition coefficient (Wildman–Crippen LogP) is 7.56. The standard InChI is InChI=1S/C32H32N4O3S/c1-21-8-16-30(40-28-20-26(39-2)14-15-27(21)28)35-29-19-25(18-23-6-4-3-5-7-23)34-32(36-29)33-24-12-9-22(10-13-24)11-17-31(37)38/h3-7,9-10,12-15,19-21H,8,11,16-18H2,1-2H3,(H,37,38)(H,33,34,36). The third kappa shape index (κ3) is 7.27. The van der Waals surface area contributed by atoms with Gasteiger partial charge in [0, 0.05) is 29.5 Å². The highest BCUT2D eigenvalue weighted by molar-refractivity contribution is 8.14. The van der Waals surface area contributed by atoms with Crippen LogP contribution in [0.2, 0.25) is 0 Å². The highest BCUT2D eigenvalue weighted by Crippen LogP contribution is 2.39. The van der Waals surface area contributed by atoms with Gasteiger partial charge in [-0.3, -0.25) is 4.79 Å². The number of aryl methyl sites for hydroxylation is 1. The topological polar surface area (TPSA) is 96.7 Å². The zero-order valence-corrected chi connectivity index (χ0v) is 23.4. The molecular formula is C32H32N4O3S. The normalized spacial score (nSPS) is 15.8. The lowest BCUT2D eigenvalue weighted by Crippen LogP contribution is -2.02. The summed E-state index contributed by atoms with van der Waals surface area (Å²) in [5.74, 6) is 1.55. The second-order valence-corrected chi connectivity index (χ2v) is 11.0. The lowest BCUT2D eigenvalue weighted by atomic mass is 9.96. The average molecular weight is 553 g/mol. The van der Waals surface area contributed by atoms with Crippen LogP contribution in [0.1, 0.15) is 54.5 Å². The summed E-state index contributed by atoms with van der Waals surface area (Å²) < 4.78 is 5.48. The molecule has 3 aromatic carbocycles. The number of benzene rings is 3. The Morgan fingerprint density at radius 2 is 1.85 bits per heavy atom. The zero-order chi connectivity index (χ0) is 27.9. The number of ether oxygens (including phenoxy) is 1. The Hall–Kier alpha value is -4.17. The van der Waals surface area contributed by atoms with Gasteiger partial charge in [0.1, 0.15) is 5.75 Å². The molecule has 1 aliphatic rings. The first-order valence-electron chi connectivity index (χ1n) is 13.4. The lowest BCUT2D eigenvalue weighted by Gasteiger charge is -2.12. The first-order chi connectivity index (χ1) is 19.4. The quantitative estimate of drug-likeness (QED) is 0.221. The molecule has 2 heterocycles. The minimum absolute atomic E-state index is 0.106. The van der Waals surface area contributed by atoms with E-state index in [9.17, 15) is 4.79 Å². The fourth-order valence-corrected chi connectivity index (χ4v) is 5.82. The van der Waals surface area contributed by atoms with E-state index in [2.05, 4.69) is 36.5 Å². The summed E-state index contributed by atoms with van der Waals surface area (Å²) >= 11 is 1.68. The number of aliphatic imine (C=N–C) groups is 1. The number of nitrogens with one attached hydrogen (secondary N) is 1. The Labute approximate surface area is 238 Å². The van der Waals surface area contributed by atoms with Gasteiger partial charge in [-0.05, 0) is 66.1 Å². The number of rotatable bonds is 9. The summed E-state index contributed by atoms with van der Waals surface area (Å²) in [5.41, 5.74) is 5.14. The van der Waals surface area contributed by atoms with Crippen molar-refractivity contribution in [3.63, 3.8) is 0 Å². The van der Waals surface area contributed by atoms with E-state index < -0.39 is 5.97 Å². The number of carboxylic acids is 1. The van der Waals surface area contributed by atoms with Gasteiger partial charge in [-0.25, -0.2) is 9.98 Å². The molecule has 1 aromatic heterocycles. The highest BCUT2D eigenvalue weighted by Gasteiger charge is 2.20. The van der Waals surface area contributed by atoms with Gasteiger partial charge in [0.15, 0.2) is 5.82 Å². The smallest absolute Gasteiger partial charge is 0.303 e. The second-order valence-electron chi connectivity index (χ2n) is 9.87. The number of carbonyl (C=O) groups is 1. The van der Waals surface area contributed by atoms with E-state index in [1.165, 1.54) is 10.5 Å². The van der Waals surface area contributed by atoms with Crippen LogP contribution in [-0.2, 0) is 17.6 Å². The maximum atomic E-state index is 10.9. The van der Waals surface area contributed by atoms with Crippen molar-refractivity contribution in [3.05, 3.63) is 101 Å². The van der Waals surface area contributed by atoms with Gasteiger partial charge < -0.3 is 15.2 Å². The van der Waals surface area contributed by atoms with E-state index in [0.717, 1.165) is 46.1 Å². The number of anilines is 2. The largest absolute Gasteiger partial charge is 0.497 e. The van der Waals surface area contributed by atoms with Crippen LogP contribution in [0.4, 0.5) is 17.5 Å². The van der Waals surface area contributed by atoms with Crippen molar-refractivity contribution in [1.29, 1.82) is 0 Å². The second kappa shape index (κ2) is 12.8. The molecule has 1 aliphatic heterocycles. The maximum Gasteiger partial charge on any atom is 0.303 e. The van der Waals surface area contributed by atoms with E-state index in [4.69, 9.17) is 24.8 Å². The van der Waals surface area contributed by atoms with Gasteiger partial charge in [0.05, 0.1) is 17.8 Å². The molecule has 0 amide bonds. The molecule has 0 fully saturated rings. The monoisotopic (exact) mass is 552 g/mol. The van der Waals surface area contributed by atoms with Crippen molar-refractivity contribution in [2.24, 2.45) is 4.99 Å². The van der Waals surface area contributed by atoms with Crippen molar-refractivity contribution < 1.29 is 14.6 Å². The molecule has 0 radical (unpaired) electrons. The molecule has 1 unspecified atom stereocenters. The molecule has 204 valence electrons. The molecule has 8 heteroatoms. The Kier molecular flexibility index (Phi) is 8.76. The SMILES string of the molecule is COc1ccc2c(c1)SC(=Nc1cc(Cc3ccccc3)nc(Nc3ccc(CCC(=O)O)cc3)n1)CCC2C. The van der Waals surface area contributed by atoms with Crippen LogP contribution in [0.3, 0.4) is 0 Å². The zero-order valence-electron chi connectivity index (χ0n) is 22.6. The van der Waals surface area contributed by atoms with Crippen LogP contribution in [-0.4, -0.2) is 33.2 Å². The van der Waals surface area contributed by atoms with Crippen LogP contribution in [0, 0.1) is 0 Å². The van der Waals surface area contributed by atoms with Crippen molar-refractivity contribution in [3.8, 4) is 5.75 Å². The molecule has 0 saturated heterocycles. The van der Waals surface area contributed by atoms with Gasteiger partial charge >= 0.3 is 5.97 Å². The molecule has 0 aliphatic carbocycles. The molecule has 2 N–H and O–H groups in total. The van der Waals surface area contributed by atoms with Crippen LogP contribution in [0.5, 0.6) is 5.75 Å². The first-order valence-corrected chi connectivity index (χ1v) is 14.2. The fraction of sp³-hybridized carbons (Fsp3) is 0.250. The number of nitrogens with zero attached hydrogens (tertiary/aromatic N) is 3. The summed E-state index contributed by atoms with van der Waals surface area (Å²) in [4.78, 5) is 26.6. The van der Waals surface area contributed by atoms with E-state index in [-0.39, 0.29) is 6.42 Å². The van der Waals surface area contributed by atoms with Crippen LogP contribution in [0.25, 0.3) is 0 Å². The molecule has 4 aromatic rings. The van der Waals surface area contributed by atoms with E-state index in [1.807, 2.05) is 54.6 Å². The molecule has 0 saturated carbocycles. The van der Waals surface area contributed by atoms with Crippen molar-refractivity contribution in [2.75, 3.05) is 12.4 Å². The Morgan fingerprint density at radius 3 is 2.60 bits per heavy atom. The minimum atomic E-state index is -0.802. The molecule has 1 atom stereocenters. The summed E-state index contributed by atoms with van der Waals surface area (Å²) in [6.07, 6.45) is 3.13. The summed E-state index contributed by atoms with van der Waals surface area (Å²) in [5, 5.41) is 13.3. The van der Waals surface area contributed by atoms with Crippen molar-refractivity contribution in [1.82, 2.24) is 9.97 Å². The van der Waals surface area contributed by atoms with Gasteiger partial charge in [-0.1, -0.05) is 67.2 Å². The average Bonchev–Trinajstić information content (AvgIpc) is 3.10. The number of hydrogen-bond donors (Lipinski definition) is 2. The lowest BCUT2D eigenvalue weighted by molar-refractivity contribution is -0.136. The van der Waals surface area contributed by atoms with Crippen molar-refractivity contribution in [2.45, 2.75) is 49.8 Å².